The summed E-state index contributed by atoms with van der Waals surface area (Å²) < 4.78 is 38.1. The van der Waals surface area contributed by atoms with Crippen LogP contribution < -0.4 is 14.2 Å². The van der Waals surface area contributed by atoms with Crippen LogP contribution in [0.2, 0.25) is 0 Å². The number of hydrogen-bond donors (Lipinski definition) is 1. The Bertz CT molecular complexity index is 1270. The third-order valence-corrected chi connectivity index (χ3v) is 6.76. The van der Waals surface area contributed by atoms with Crippen molar-refractivity contribution >= 4 is 5.91 Å². The number of halogens is 1. The molecule has 1 fully saturated rings. The fraction of sp³-hybridized carbons (Fsp3) is 0.448. The Balaban J connectivity index is 1.47. The first-order valence-electron chi connectivity index (χ1n) is 13.2. The third-order valence-electron chi connectivity index (χ3n) is 6.76. The zero-order valence-corrected chi connectivity index (χ0v) is 23.2. The molecule has 1 saturated heterocycles. The van der Waals surface area contributed by atoms with Gasteiger partial charge in [0.05, 0.1) is 20.2 Å². The lowest BCUT2D eigenvalue weighted by atomic mass is 10.0. The van der Waals surface area contributed by atoms with Crippen molar-refractivity contribution in [3.63, 3.8) is 0 Å². The molecule has 4 rings (SSSR count). The first kappa shape index (κ1) is 29.3. The molecule has 1 atom stereocenters. The van der Waals surface area contributed by atoms with E-state index in [0.29, 0.717) is 50.0 Å². The standard InChI is InChI=1S/C29H37FN4O6/c1-22-31-9-10-33(22)13-14-39-27-15-23(7-8-26(27)38-3)17-32-11-12-34(28(35)18-37-2)20-29(36,19-32)21-40-25-6-4-5-24(30)16-25/h4-10,15-16,36H,11-14,17-21H2,1-3H3/t29-/m0/s1. The number of aliphatic hydroxyl groups is 1. The van der Waals surface area contributed by atoms with E-state index in [1.54, 1.807) is 30.3 Å². The summed E-state index contributed by atoms with van der Waals surface area (Å²) in [6.07, 6.45) is 3.66. The predicted molar refractivity (Wildman–Crippen MR) is 146 cm³/mol. The molecule has 1 aliphatic heterocycles. The molecule has 0 radical (unpaired) electrons. The van der Waals surface area contributed by atoms with Crippen molar-refractivity contribution in [1.82, 2.24) is 19.4 Å². The zero-order valence-electron chi connectivity index (χ0n) is 23.2. The van der Waals surface area contributed by atoms with Gasteiger partial charge in [0.1, 0.15) is 42.8 Å². The van der Waals surface area contributed by atoms with Crippen LogP contribution in [0.3, 0.4) is 0 Å². The molecule has 0 saturated carbocycles. The SMILES string of the molecule is COCC(=O)N1CCN(Cc2ccc(OC)c(OCCn3ccnc3C)c2)C[C@@](O)(COc2cccc(F)c2)C1. The molecule has 0 aliphatic carbocycles. The summed E-state index contributed by atoms with van der Waals surface area (Å²) in [5, 5.41) is 11.6. The Morgan fingerprint density at radius 3 is 2.67 bits per heavy atom. The number of amides is 1. The van der Waals surface area contributed by atoms with Crippen molar-refractivity contribution in [3.8, 4) is 17.2 Å². The van der Waals surface area contributed by atoms with Gasteiger partial charge in [0.25, 0.3) is 0 Å². The molecule has 0 bridgehead atoms. The normalized spacial score (nSPS) is 17.9. The minimum atomic E-state index is -1.40. The van der Waals surface area contributed by atoms with Crippen molar-refractivity contribution in [2.45, 2.75) is 25.6 Å². The first-order valence-corrected chi connectivity index (χ1v) is 13.2. The lowest BCUT2D eigenvalue weighted by Crippen LogP contribution is -2.52. The van der Waals surface area contributed by atoms with Crippen LogP contribution in [0.25, 0.3) is 0 Å². The molecule has 0 unspecified atom stereocenters. The van der Waals surface area contributed by atoms with Gasteiger partial charge in [-0.25, -0.2) is 9.37 Å². The Hall–Kier alpha value is -3.67. The van der Waals surface area contributed by atoms with E-state index < -0.39 is 11.4 Å². The average molecular weight is 557 g/mol. The molecule has 1 amide bonds. The Kier molecular flexibility index (Phi) is 9.97. The first-order chi connectivity index (χ1) is 19.3. The molecule has 1 aliphatic rings. The maximum Gasteiger partial charge on any atom is 0.248 e. The second-order valence-electron chi connectivity index (χ2n) is 9.93. The minimum Gasteiger partial charge on any atom is -0.493 e. The molecule has 1 aromatic heterocycles. The molecular formula is C29H37FN4O6. The molecule has 216 valence electrons. The van der Waals surface area contributed by atoms with Crippen molar-refractivity contribution in [1.29, 1.82) is 0 Å². The molecule has 10 nitrogen and oxygen atoms in total. The van der Waals surface area contributed by atoms with E-state index in [1.165, 1.54) is 19.2 Å². The number of ether oxygens (including phenoxy) is 4. The maximum atomic E-state index is 13.7. The number of nitrogens with zero attached hydrogens (tertiary/aromatic N) is 4. The summed E-state index contributed by atoms with van der Waals surface area (Å²) in [4.78, 5) is 20.6. The molecule has 2 aromatic carbocycles. The molecule has 40 heavy (non-hydrogen) atoms. The molecular weight excluding hydrogens is 519 g/mol. The summed E-state index contributed by atoms with van der Waals surface area (Å²) in [6.45, 7) is 4.56. The monoisotopic (exact) mass is 556 g/mol. The maximum absolute atomic E-state index is 13.7. The average Bonchev–Trinajstić information content (AvgIpc) is 3.26. The van der Waals surface area contributed by atoms with E-state index in [0.717, 1.165) is 11.4 Å². The van der Waals surface area contributed by atoms with E-state index in [9.17, 15) is 14.3 Å². The largest absolute Gasteiger partial charge is 0.493 e. The highest BCUT2D eigenvalue weighted by Crippen LogP contribution is 2.29. The number of benzene rings is 2. The van der Waals surface area contributed by atoms with Crippen LogP contribution in [-0.4, -0.2) is 96.2 Å². The number of imidazole rings is 1. The molecule has 11 heteroatoms. The van der Waals surface area contributed by atoms with Gasteiger partial charge in [0, 0.05) is 51.7 Å². The number of carbonyl (C=O) groups excluding carboxylic acids is 1. The van der Waals surface area contributed by atoms with Crippen molar-refractivity contribution < 1.29 is 33.2 Å². The van der Waals surface area contributed by atoms with Gasteiger partial charge < -0.3 is 33.5 Å². The Morgan fingerprint density at radius 1 is 1.10 bits per heavy atom. The van der Waals surface area contributed by atoms with E-state index in [1.807, 2.05) is 35.9 Å². The van der Waals surface area contributed by atoms with Crippen molar-refractivity contribution in [2.75, 3.05) is 60.2 Å². The highest BCUT2D eigenvalue weighted by molar-refractivity contribution is 5.77. The summed E-state index contributed by atoms with van der Waals surface area (Å²) in [5.41, 5.74) is -0.444. The van der Waals surface area contributed by atoms with Crippen molar-refractivity contribution in [2.24, 2.45) is 0 Å². The number of carbonyl (C=O) groups is 1. The number of β-amino-alcohol motifs (C(OH)–C–C–N with tert-alkyl or cyclic N) is 1. The summed E-state index contributed by atoms with van der Waals surface area (Å²) in [7, 11) is 3.06. The van der Waals surface area contributed by atoms with Crippen molar-refractivity contribution in [3.05, 3.63) is 72.1 Å². The topological polar surface area (TPSA) is 98.5 Å². The van der Waals surface area contributed by atoms with Crippen LogP contribution in [0.4, 0.5) is 4.39 Å². The van der Waals surface area contributed by atoms with Gasteiger partial charge in [-0.3, -0.25) is 9.69 Å². The molecule has 0 spiro atoms. The Labute approximate surface area is 233 Å². The molecule has 2 heterocycles. The minimum absolute atomic E-state index is 0.0612. The number of aromatic nitrogens is 2. The van der Waals surface area contributed by atoms with Gasteiger partial charge in [-0.05, 0) is 36.8 Å². The number of hydrogen-bond acceptors (Lipinski definition) is 8. The van der Waals surface area contributed by atoms with Gasteiger partial charge in [-0.2, -0.15) is 0 Å². The quantitative estimate of drug-likeness (QED) is 0.364. The van der Waals surface area contributed by atoms with E-state index >= 15 is 0 Å². The second-order valence-corrected chi connectivity index (χ2v) is 9.93. The lowest BCUT2D eigenvalue weighted by molar-refractivity contribution is -0.138. The van der Waals surface area contributed by atoms with Gasteiger partial charge in [-0.15, -0.1) is 0 Å². The number of rotatable bonds is 12. The highest BCUT2D eigenvalue weighted by Gasteiger charge is 2.37. The smallest absolute Gasteiger partial charge is 0.248 e. The van der Waals surface area contributed by atoms with E-state index in [4.69, 9.17) is 18.9 Å². The van der Waals surface area contributed by atoms with Crippen LogP contribution in [-0.2, 0) is 22.6 Å². The highest BCUT2D eigenvalue weighted by atomic mass is 19.1. The van der Waals surface area contributed by atoms with Crippen LogP contribution in [0.5, 0.6) is 17.2 Å². The van der Waals surface area contributed by atoms with Gasteiger partial charge in [0.2, 0.25) is 5.91 Å². The van der Waals surface area contributed by atoms with Gasteiger partial charge in [-0.1, -0.05) is 12.1 Å². The molecule has 3 aromatic rings. The van der Waals surface area contributed by atoms with E-state index in [-0.39, 0.29) is 32.2 Å². The van der Waals surface area contributed by atoms with Crippen LogP contribution >= 0.6 is 0 Å². The zero-order chi connectivity index (χ0) is 28.5. The van der Waals surface area contributed by atoms with Gasteiger partial charge in [0.15, 0.2) is 11.5 Å². The van der Waals surface area contributed by atoms with Gasteiger partial charge >= 0.3 is 0 Å². The number of methoxy groups -OCH3 is 2. The lowest BCUT2D eigenvalue weighted by Gasteiger charge is -2.33. The third kappa shape index (κ3) is 7.93. The van der Waals surface area contributed by atoms with Crippen LogP contribution in [0.1, 0.15) is 11.4 Å². The van der Waals surface area contributed by atoms with Crippen LogP contribution in [0.15, 0.2) is 54.9 Å². The summed E-state index contributed by atoms with van der Waals surface area (Å²) >= 11 is 0. The Morgan fingerprint density at radius 2 is 1.95 bits per heavy atom. The van der Waals surface area contributed by atoms with Crippen LogP contribution in [0, 0.1) is 12.7 Å². The fourth-order valence-corrected chi connectivity index (χ4v) is 4.75. The summed E-state index contributed by atoms with van der Waals surface area (Å²) in [5.74, 6) is 1.81. The summed E-state index contributed by atoms with van der Waals surface area (Å²) in [6, 6.07) is 11.5. The second kappa shape index (κ2) is 13.6. The fourth-order valence-electron chi connectivity index (χ4n) is 4.75. The number of aryl methyl sites for hydroxylation is 1. The van der Waals surface area contributed by atoms with E-state index in [2.05, 4.69) is 9.88 Å². The molecule has 1 N–H and O–H groups in total. The predicted octanol–water partition coefficient (Wildman–Crippen LogP) is 2.52.